The van der Waals surface area contributed by atoms with Gasteiger partial charge in [0.1, 0.15) is 17.7 Å². The number of aliphatic hydroxyl groups excluding tert-OH is 1. The Morgan fingerprint density at radius 2 is 2.13 bits per heavy atom. The zero-order chi connectivity index (χ0) is 16.6. The molecule has 0 saturated heterocycles. The number of aromatic nitrogens is 2. The summed E-state index contributed by atoms with van der Waals surface area (Å²) in [7, 11) is 0. The van der Waals surface area contributed by atoms with Gasteiger partial charge in [0.25, 0.3) is 5.91 Å². The van der Waals surface area contributed by atoms with E-state index < -0.39 is 17.8 Å². The third-order valence-corrected chi connectivity index (χ3v) is 3.64. The van der Waals surface area contributed by atoms with Crippen molar-refractivity contribution in [1.82, 2.24) is 9.97 Å². The van der Waals surface area contributed by atoms with Gasteiger partial charge in [0.05, 0.1) is 21.6 Å². The SMILES string of the molecule is CC(O)c1nc2ccc(NC(=O)c3ccc(F)cc3Cl)cc2[nH]1. The Morgan fingerprint density at radius 3 is 2.83 bits per heavy atom. The molecule has 1 aromatic heterocycles. The van der Waals surface area contributed by atoms with Crippen LogP contribution in [0.4, 0.5) is 10.1 Å². The fraction of sp³-hybridized carbons (Fsp3) is 0.125. The van der Waals surface area contributed by atoms with Crippen molar-refractivity contribution in [2.75, 3.05) is 5.32 Å². The lowest BCUT2D eigenvalue weighted by Gasteiger charge is -2.07. The molecule has 0 radical (unpaired) electrons. The van der Waals surface area contributed by atoms with Crippen LogP contribution in [-0.4, -0.2) is 21.0 Å². The number of carbonyl (C=O) groups is 1. The number of halogens is 2. The molecule has 7 heteroatoms. The van der Waals surface area contributed by atoms with E-state index >= 15 is 0 Å². The maximum absolute atomic E-state index is 13.0. The summed E-state index contributed by atoms with van der Waals surface area (Å²) in [4.78, 5) is 19.4. The van der Waals surface area contributed by atoms with Crippen molar-refractivity contribution in [3.05, 3.63) is 58.6 Å². The molecule has 118 valence electrons. The smallest absolute Gasteiger partial charge is 0.257 e. The summed E-state index contributed by atoms with van der Waals surface area (Å²) in [6.07, 6.45) is -0.710. The van der Waals surface area contributed by atoms with Gasteiger partial charge < -0.3 is 15.4 Å². The Bertz CT molecular complexity index is 892. The number of fused-ring (bicyclic) bond motifs is 1. The number of carbonyl (C=O) groups excluding carboxylic acids is 1. The van der Waals surface area contributed by atoms with E-state index in [0.29, 0.717) is 22.5 Å². The van der Waals surface area contributed by atoms with Gasteiger partial charge in [-0.2, -0.15) is 0 Å². The van der Waals surface area contributed by atoms with Gasteiger partial charge in [-0.05, 0) is 43.3 Å². The van der Waals surface area contributed by atoms with Crippen LogP contribution in [-0.2, 0) is 0 Å². The summed E-state index contributed by atoms with van der Waals surface area (Å²) in [6, 6.07) is 8.69. The maximum atomic E-state index is 13.0. The van der Waals surface area contributed by atoms with Crippen molar-refractivity contribution in [1.29, 1.82) is 0 Å². The molecule has 2 aromatic carbocycles. The summed E-state index contributed by atoms with van der Waals surface area (Å²) < 4.78 is 13.0. The predicted octanol–water partition coefficient (Wildman–Crippen LogP) is 3.66. The largest absolute Gasteiger partial charge is 0.385 e. The Labute approximate surface area is 136 Å². The summed E-state index contributed by atoms with van der Waals surface area (Å²) in [5, 5.41) is 12.3. The third-order valence-electron chi connectivity index (χ3n) is 3.33. The van der Waals surface area contributed by atoms with E-state index in [0.717, 1.165) is 6.07 Å². The van der Waals surface area contributed by atoms with Crippen molar-refractivity contribution in [3.63, 3.8) is 0 Å². The molecule has 0 fully saturated rings. The third kappa shape index (κ3) is 3.18. The molecule has 1 atom stereocenters. The van der Waals surface area contributed by atoms with Gasteiger partial charge in [0.2, 0.25) is 0 Å². The Balaban J connectivity index is 1.87. The quantitative estimate of drug-likeness (QED) is 0.684. The van der Waals surface area contributed by atoms with Gasteiger partial charge >= 0.3 is 0 Å². The highest BCUT2D eigenvalue weighted by molar-refractivity contribution is 6.34. The first-order chi connectivity index (χ1) is 10.9. The van der Waals surface area contributed by atoms with E-state index in [1.807, 2.05) is 0 Å². The van der Waals surface area contributed by atoms with E-state index in [1.54, 1.807) is 25.1 Å². The number of nitrogens with zero attached hydrogens (tertiary/aromatic N) is 1. The molecular weight excluding hydrogens is 321 g/mol. The van der Waals surface area contributed by atoms with E-state index in [-0.39, 0.29) is 10.6 Å². The molecule has 0 aliphatic heterocycles. The molecule has 0 bridgehead atoms. The molecule has 0 spiro atoms. The number of hydrogen-bond acceptors (Lipinski definition) is 3. The van der Waals surface area contributed by atoms with Crippen molar-refractivity contribution in [2.45, 2.75) is 13.0 Å². The lowest BCUT2D eigenvalue weighted by atomic mass is 10.2. The van der Waals surface area contributed by atoms with Gasteiger partial charge in [-0.25, -0.2) is 9.37 Å². The second-order valence-electron chi connectivity index (χ2n) is 5.11. The topological polar surface area (TPSA) is 78.0 Å². The molecule has 0 aliphatic rings. The molecule has 0 saturated carbocycles. The lowest BCUT2D eigenvalue weighted by molar-refractivity contribution is 0.102. The summed E-state index contributed by atoms with van der Waals surface area (Å²) in [6.45, 7) is 1.61. The minimum absolute atomic E-state index is 0.0431. The Kier molecular flexibility index (Phi) is 4.02. The number of aliphatic hydroxyl groups is 1. The van der Waals surface area contributed by atoms with Crippen LogP contribution in [0.15, 0.2) is 36.4 Å². The average molecular weight is 334 g/mol. The van der Waals surface area contributed by atoms with E-state index in [2.05, 4.69) is 15.3 Å². The van der Waals surface area contributed by atoms with Gasteiger partial charge in [0.15, 0.2) is 0 Å². The number of aromatic amines is 1. The number of anilines is 1. The van der Waals surface area contributed by atoms with Gasteiger partial charge in [-0.15, -0.1) is 0 Å². The zero-order valence-electron chi connectivity index (χ0n) is 12.1. The maximum Gasteiger partial charge on any atom is 0.257 e. The number of rotatable bonds is 3. The van der Waals surface area contributed by atoms with Gasteiger partial charge in [-0.3, -0.25) is 4.79 Å². The van der Waals surface area contributed by atoms with Gasteiger partial charge in [0, 0.05) is 5.69 Å². The molecule has 3 N–H and O–H groups in total. The predicted molar refractivity (Wildman–Crippen MR) is 86.1 cm³/mol. The molecule has 1 amide bonds. The molecule has 0 aliphatic carbocycles. The zero-order valence-corrected chi connectivity index (χ0v) is 12.9. The molecule has 1 unspecified atom stereocenters. The van der Waals surface area contributed by atoms with E-state index in [1.165, 1.54) is 12.1 Å². The first-order valence-corrected chi connectivity index (χ1v) is 7.26. The van der Waals surface area contributed by atoms with Crippen LogP contribution in [0.5, 0.6) is 0 Å². The molecular formula is C16H13ClFN3O2. The molecule has 23 heavy (non-hydrogen) atoms. The van der Waals surface area contributed by atoms with Crippen LogP contribution in [0.2, 0.25) is 5.02 Å². The minimum Gasteiger partial charge on any atom is -0.385 e. The highest BCUT2D eigenvalue weighted by Gasteiger charge is 2.13. The summed E-state index contributed by atoms with van der Waals surface area (Å²) in [5.41, 5.74) is 2.08. The highest BCUT2D eigenvalue weighted by atomic mass is 35.5. The number of nitrogens with one attached hydrogen (secondary N) is 2. The fourth-order valence-corrected chi connectivity index (χ4v) is 2.43. The van der Waals surface area contributed by atoms with Crippen LogP contribution in [0.3, 0.4) is 0 Å². The van der Waals surface area contributed by atoms with Crippen LogP contribution < -0.4 is 5.32 Å². The summed E-state index contributed by atoms with van der Waals surface area (Å²) >= 11 is 5.88. The first-order valence-electron chi connectivity index (χ1n) is 6.88. The number of amides is 1. The Morgan fingerprint density at radius 1 is 1.35 bits per heavy atom. The van der Waals surface area contributed by atoms with Crippen molar-refractivity contribution < 1.29 is 14.3 Å². The monoisotopic (exact) mass is 333 g/mol. The molecule has 1 heterocycles. The van der Waals surface area contributed by atoms with Crippen LogP contribution in [0, 0.1) is 5.82 Å². The van der Waals surface area contributed by atoms with Gasteiger partial charge in [-0.1, -0.05) is 11.6 Å². The fourth-order valence-electron chi connectivity index (χ4n) is 2.18. The minimum atomic E-state index is -0.710. The normalized spacial score (nSPS) is 12.3. The van der Waals surface area contributed by atoms with Crippen molar-refractivity contribution >= 4 is 34.2 Å². The number of hydrogen-bond donors (Lipinski definition) is 3. The van der Waals surface area contributed by atoms with Crippen LogP contribution in [0.1, 0.15) is 29.2 Å². The standard InChI is InChI=1S/C16H13ClFN3O2/c1-8(22)15-20-13-5-3-10(7-14(13)21-15)19-16(23)11-4-2-9(18)6-12(11)17/h2-8,22H,1H3,(H,19,23)(H,20,21). The second kappa shape index (κ2) is 5.98. The van der Waals surface area contributed by atoms with E-state index in [9.17, 15) is 14.3 Å². The average Bonchev–Trinajstić information content (AvgIpc) is 2.90. The number of benzene rings is 2. The highest BCUT2D eigenvalue weighted by Crippen LogP contribution is 2.22. The van der Waals surface area contributed by atoms with E-state index in [4.69, 9.17) is 11.6 Å². The number of imidazole rings is 1. The molecule has 3 aromatic rings. The molecule has 3 rings (SSSR count). The number of H-pyrrole nitrogens is 1. The van der Waals surface area contributed by atoms with Crippen LogP contribution >= 0.6 is 11.6 Å². The second-order valence-corrected chi connectivity index (χ2v) is 5.52. The Hall–Kier alpha value is -2.44. The van der Waals surface area contributed by atoms with Crippen LogP contribution in [0.25, 0.3) is 11.0 Å². The van der Waals surface area contributed by atoms with Crippen molar-refractivity contribution in [2.24, 2.45) is 0 Å². The molecule has 5 nitrogen and oxygen atoms in total. The summed E-state index contributed by atoms with van der Waals surface area (Å²) in [5.74, 6) is -0.495. The van der Waals surface area contributed by atoms with Crippen molar-refractivity contribution in [3.8, 4) is 0 Å². The lowest BCUT2D eigenvalue weighted by Crippen LogP contribution is -2.12. The first kappa shape index (κ1) is 15.5.